The van der Waals surface area contributed by atoms with Gasteiger partial charge in [-0.1, -0.05) is 17.7 Å². The molecule has 0 amide bonds. The van der Waals surface area contributed by atoms with Crippen molar-refractivity contribution in [3.05, 3.63) is 80.4 Å². The minimum atomic E-state index is -1.20. The Morgan fingerprint density at radius 2 is 1.97 bits per heavy atom. The molecule has 0 spiro atoms. The van der Waals surface area contributed by atoms with Gasteiger partial charge in [0.25, 0.3) is 5.56 Å². The molecule has 4 rings (SSSR count). The molecule has 0 aliphatic carbocycles. The number of rotatable bonds is 6. The number of aryl methyl sites for hydroxylation is 1. The van der Waals surface area contributed by atoms with Gasteiger partial charge in [-0.25, -0.2) is 14.8 Å². The first-order chi connectivity index (χ1) is 17.1. The van der Waals surface area contributed by atoms with E-state index >= 15 is 0 Å². The first kappa shape index (κ1) is 24.9. The van der Waals surface area contributed by atoms with Gasteiger partial charge in [0.2, 0.25) is 0 Å². The Balaban J connectivity index is 1.90. The molecule has 1 atom stereocenters. The van der Waals surface area contributed by atoms with Crippen molar-refractivity contribution >= 4 is 46.1 Å². The highest BCUT2D eigenvalue weighted by atomic mass is 35.5. The third-order valence-electron chi connectivity index (χ3n) is 5.87. The summed E-state index contributed by atoms with van der Waals surface area (Å²) in [5.41, 5.74) is 10.1. The number of hydrogen-bond acceptors (Lipinski definition) is 7. The average molecular weight is 505 g/mol. The maximum atomic E-state index is 13.4. The van der Waals surface area contributed by atoms with Gasteiger partial charge in [-0.15, -0.1) is 0 Å². The number of carboxylic acid groups (broad SMARTS) is 1. The molecule has 2 heterocycles. The maximum Gasteiger partial charge on any atom is 0.356 e. The summed E-state index contributed by atoms with van der Waals surface area (Å²) >= 11 is 5.90. The number of nitrogens with zero attached hydrogens (tertiary/aromatic N) is 4. The zero-order valence-corrected chi connectivity index (χ0v) is 21.0. The predicted octanol–water partition coefficient (Wildman–Crippen LogP) is 4.46. The van der Waals surface area contributed by atoms with Crippen molar-refractivity contribution in [3.63, 3.8) is 0 Å². The Morgan fingerprint density at radius 3 is 2.67 bits per heavy atom. The fraction of sp³-hybridized carbons (Fsp3) is 0.192. The highest BCUT2D eigenvalue weighted by Crippen LogP contribution is 2.30. The molecule has 36 heavy (non-hydrogen) atoms. The largest absolute Gasteiger partial charge is 0.476 e. The molecule has 0 saturated heterocycles. The number of nitrogen functional groups attached to an aromatic ring is 1. The Hall–Kier alpha value is -4.24. The van der Waals surface area contributed by atoms with Gasteiger partial charge in [0.05, 0.1) is 22.6 Å². The molecule has 10 heteroatoms. The Morgan fingerprint density at radius 1 is 1.22 bits per heavy atom. The number of aromatic nitrogens is 3. The lowest BCUT2D eigenvalue weighted by Gasteiger charge is -2.20. The zero-order chi connectivity index (χ0) is 26.1. The van der Waals surface area contributed by atoms with Crippen LogP contribution in [-0.2, 0) is 7.05 Å². The standard InChI is InChI=1S/C26H25ClN6O3/c1-13-9-17(14(2)30-20-7-8-21(27)31-23(20)26(35)36)22-18(10-13)25(34)33(4)24(32-22)15-5-6-19(28)16(11-15)12-29-3/h5-12,14,30H,28H2,1-4H3,(H,35,36). The van der Waals surface area contributed by atoms with Crippen molar-refractivity contribution in [3.8, 4) is 11.4 Å². The van der Waals surface area contributed by atoms with E-state index in [1.807, 2.05) is 32.0 Å². The Bertz CT molecular complexity index is 1600. The molecular formula is C26H25ClN6O3. The molecule has 4 N–H and O–H groups in total. The second kappa shape index (κ2) is 9.79. The molecule has 0 saturated carbocycles. The van der Waals surface area contributed by atoms with Gasteiger partial charge in [0, 0.05) is 42.7 Å². The fourth-order valence-corrected chi connectivity index (χ4v) is 4.28. The molecule has 0 aliphatic heterocycles. The number of carbonyl (C=O) groups is 1. The molecule has 2 aromatic carbocycles. The fourth-order valence-electron chi connectivity index (χ4n) is 4.13. The van der Waals surface area contributed by atoms with Crippen LogP contribution < -0.4 is 16.6 Å². The van der Waals surface area contributed by atoms with Crippen LogP contribution in [0.5, 0.6) is 0 Å². The molecule has 0 fully saturated rings. The van der Waals surface area contributed by atoms with Crippen LogP contribution in [0.3, 0.4) is 0 Å². The summed E-state index contributed by atoms with van der Waals surface area (Å²) in [6, 6.07) is 11.8. The normalized spacial score (nSPS) is 12.2. The van der Waals surface area contributed by atoms with E-state index in [2.05, 4.69) is 15.3 Å². The number of benzene rings is 2. The first-order valence-corrected chi connectivity index (χ1v) is 11.5. The van der Waals surface area contributed by atoms with E-state index < -0.39 is 12.0 Å². The molecule has 9 nitrogen and oxygen atoms in total. The average Bonchev–Trinajstić information content (AvgIpc) is 2.83. The van der Waals surface area contributed by atoms with Crippen molar-refractivity contribution in [1.82, 2.24) is 14.5 Å². The van der Waals surface area contributed by atoms with E-state index in [9.17, 15) is 14.7 Å². The minimum Gasteiger partial charge on any atom is -0.476 e. The smallest absolute Gasteiger partial charge is 0.356 e. The molecule has 184 valence electrons. The van der Waals surface area contributed by atoms with Crippen molar-refractivity contribution in [2.45, 2.75) is 19.9 Å². The molecule has 0 bridgehead atoms. The van der Waals surface area contributed by atoms with E-state index in [1.165, 1.54) is 10.6 Å². The van der Waals surface area contributed by atoms with E-state index in [4.69, 9.17) is 22.3 Å². The first-order valence-electron chi connectivity index (χ1n) is 11.1. The highest BCUT2D eigenvalue weighted by Gasteiger charge is 2.20. The Kier molecular flexibility index (Phi) is 6.76. The summed E-state index contributed by atoms with van der Waals surface area (Å²) in [7, 11) is 3.33. The van der Waals surface area contributed by atoms with Crippen molar-refractivity contribution in [2.75, 3.05) is 18.1 Å². The number of halogens is 1. The summed E-state index contributed by atoms with van der Waals surface area (Å²) in [5, 5.41) is 13.3. The molecular weight excluding hydrogens is 480 g/mol. The summed E-state index contributed by atoms with van der Waals surface area (Å²) in [5.74, 6) is -0.736. The summed E-state index contributed by atoms with van der Waals surface area (Å²) in [6.45, 7) is 3.76. The van der Waals surface area contributed by atoms with Crippen LogP contribution in [0.2, 0.25) is 5.15 Å². The SMILES string of the molecule is CN=Cc1cc(-c2nc3c(C(C)Nc4ccc(Cl)nc4C(=O)O)cc(C)cc3c(=O)n2C)ccc1N. The van der Waals surface area contributed by atoms with E-state index in [-0.39, 0.29) is 16.4 Å². The predicted molar refractivity (Wildman–Crippen MR) is 143 cm³/mol. The summed E-state index contributed by atoms with van der Waals surface area (Å²) in [4.78, 5) is 38.0. The second-order valence-electron chi connectivity index (χ2n) is 8.48. The second-order valence-corrected chi connectivity index (χ2v) is 8.87. The quantitative estimate of drug-likeness (QED) is 0.200. The van der Waals surface area contributed by atoms with Crippen LogP contribution in [0.15, 0.2) is 52.3 Å². The maximum absolute atomic E-state index is 13.4. The number of hydrogen-bond donors (Lipinski definition) is 3. The summed E-state index contributed by atoms with van der Waals surface area (Å²) < 4.78 is 1.51. The lowest BCUT2D eigenvalue weighted by Crippen LogP contribution is -2.22. The van der Waals surface area contributed by atoms with Gasteiger partial charge < -0.3 is 16.2 Å². The number of nitrogens with one attached hydrogen (secondary N) is 1. The molecule has 4 aromatic rings. The van der Waals surface area contributed by atoms with Crippen LogP contribution in [-0.4, -0.2) is 38.9 Å². The van der Waals surface area contributed by atoms with Gasteiger partial charge >= 0.3 is 5.97 Å². The number of pyridine rings is 1. The number of aromatic carboxylic acids is 1. The number of fused-ring (bicyclic) bond motifs is 1. The lowest BCUT2D eigenvalue weighted by molar-refractivity contribution is 0.0691. The van der Waals surface area contributed by atoms with E-state index in [0.717, 1.165) is 16.7 Å². The minimum absolute atomic E-state index is 0.0809. The number of anilines is 2. The van der Waals surface area contributed by atoms with Crippen molar-refractivity contribution in [1.29, 1.82) is 0 Å². The van der Waals surface area contributed by atoms with Gasteiger partial charge in [-0.3, -0.25) is 14.4 Å². The third kappa shape index (κ3) is 4.65. The van der Waals surface area contributed by atoms with E-state index in [1.54, 1.807) is 38.5 Å². The van der Waals surface area contributed by atoms with Gasteiger partial charge in [0.1, 0.15) is 11.0 Å². The van der Waals surface area contributed by atoms with Crippen molar-refractivity contribution < 1.29 is 9.90 Å². The van der Waals surface area contributed by atoms with Crippen LogP contribution >= 0.6 is 11.6 Å². The lowest BCUT2D eigenvalue weighted by atomic mass is 10.0. The Labute approximate surface area is 212 Å². The van der Waals surface area contributed by atoms with E-state index in [0.29, 0.717) is 33.7 Å². The molecule has 1 unspecified atom stereocenters. The number of nitrogens with two attached hydrogens (primary N) is 1. The highest BCUT2D eigenvalue weighted by molar-refractivity contribution is 6.29. The van der Waals surface area contributed by atoms with Gasteiger partial charge in [-0.2, -0.15) is 0 Å². The van der Waals surface area contributed by atoms with Gasteiger partial charge in [0.15, 0.2) is 5.69 Å². The van der Waals surface area contributed by atoms with Gasteiger partial charge in [-0.05, 0) is 55.8 Å². The van der Waals surface area contributed by atoms with Crippen LogP contribution in [0.4, 0.5) is 11.4 Å². The zero-order valence-electron chi connectivity index (χ0n) is 20.2. The number of carboxylic acids is 1. The molecule has 0 radical (unpaired) electrons. The van der Waals surface area contributed by atoms with Crippen molar-refractivity contribution in [2.24, 2.45) is 12.0 Å². The van der Waals surface area contributed by atoms with Crippen LogP contribution in [0.25, 0.3) is 22.3 Å². The summed E-state index contributed by atoms with van der Waals surface area (Å²) in [6.07, 6.45) is 1.65. The molecule has 0 aliphatic rings. The monoisotopic (exact) mass is 504 g/mol. The third-order valence-corrected chi connectivity index (χ3v) is 6.08. The van der Waals surface area contributed by atoms with Crippen LogP contribution in [0.1, 0.15) is 40.1 Å². The van der Waals surface area contributed by atoms with Crippen LogP contribution in [0, 0.1) is 6.92 Å². The topological polar surface area (TPSA) is 135 Å². The molecule has 2 aromatic heterocycles. The number of aliphatic imine (C=N–C) groups is 1.